The van der Waals surface area contributed by atoms with Gasteiger partial charge in [-0.25, -0.2) is 0 Å². The summed E-state index contributed by atoms with van der Waals surface area (Å²) in [5.41, 5.74) is 1.51. The third kappa shape index (κ3) is 6.12. The van der Waals surface area contributed by atoms with Crippen molar-refractivity contribution in [3.8, 4) is 11.5 Å². The number of ether oxygens (including phenoxy) is 1. The monoisotopic (exact) mass is 607 g/mol. The molecular formula is C25H19BrClNO6S2. The van der Waals surface area contributed by atoms with Crippen LogP contribution >= 0.6 is 39.3 Å². The van der Waals surface area contributed by atoms with E-state index in [2.05, 4.69) is 15.9 Å². The molecular weight excluding hydrogens is 590 g/mol. The van der Waals surface area contributed by atoms with Crippen LogP contribution in [0.5, 0.6) is 11.5 Å². The zero-order chi connectivity index (χ0) is 25.9. The normalized spacial score (nSPS) is 15.0. The van der Waals surface area contributed by atoms with Crippen LogP contribution in [0.4, 0.5) is 4.79 Å². The summed E-state index contributed by atoms with van der Waals surface area (Å²) in [6, 6.07) is 17.9. The molecule has 0 N–H and O–H groups in total. The number of aryl methyl sites for hydroxylation is 1. The van der Waals surface area contributed by atoms with Gasteiger partial charge in [0.15, 0.2) is 5.75 Å². The minimum Gasteiger partial charge on any atom is -0.490 e. The lowest BCUT2D eigenvalue weighted by Gasteiger charge is -2.13. The molecule has 0 bridgehead atoms. The molecule has 0 spiro atoms. The molecule has 1 aliphatic heterocycles. The van der Waals surface area contributed by atoms with Crippen molar-refractivity contribution in [1.29, 1.82) is 0 Å². The standard InChI is InChI=1S/C25H19BrClNO6S2/c1-16-6-9-18(10-7-16)36(31,32)34-21-11-8-17(14-19(21)26)15-23-24(29)28(25(30)35-23)12-13-33-22-5-3-2-4-20(22)27/h2-11,14-15H,12-13H2,1H3/b23-15-. The van der Waals surface area contributed by atoms with Crippen LogP contribution in [-0.2, 0) is 14.9 Å². The van der Waals surface area contributed by atoms with Gasteiger partial charge >= 0.3 is 10.1 Å². The van der Waals surface area contributed by atoms with Crippen molar-refractivity contribution in [1.82, 2.24) is 4.90 Å². The maximum atomic E-state index is 12.8. The first kappa shape index (κ1) is 26.3. The highest BCUT2D eigenvalue weighted by molar-refractivity contribution is 9.10. The van der Waals surface area contributed by atoms with E-state index in [1.807, 2.05) is 6.92 Å². The average Bonchev–Trinajstić information content (AvgIpc) is 3.09. The van der Waals surface area contributed by atoms with Gasteiger partial charge in [0.25, 0.3) is 11.1 Å². The molecule has 1 aliphatic rings. The first-order valence-electron chi connectivity index (χ1n) is 10.6. The third-order valence-electron chi connectivity index (χ3n) is 5.05. The first-order valence-corrected chi connectivity index (χ1v) is 14.0. The summed E-state index contributed by atoms with van der Waals surface area (Å²) in [6.07, 6.45) is 1.56. The van der Waals surface area contributed by atoms with E-state index in [1.54, 1.807) is 54.6 Å². The fourth-order valence-electron chi connectivity index (χ4n) is 3.20. The van der Waals surface area contributed by atoms with Crippen molar-refractivity contribution < 1.29 is 26.9 Å². The molecule has 0 unspecified atom stereocenters. The SMILES string of the molecule is Cc1ccc(S(=O)(=O)Oc2ccc(/C=C3\SC(=O)N(CCOc4ccccc4Cl)C3=O)cc2Br)cc1. The third-order valence-corrected chi connectivity index (χ3v) is 8.13. The Balaban J connectivity index is 1.43. The van der Waals surface area contributed by atoms with Crippen LogP contribution in [0.3, 0.4) is 0 Å². The number of carbonyl (C=O) groups excluding carboxylic acids is 2. The zero-order valence-electron chi connectivity index (χ0n) is 18.8. The van der Waals surface area contributed by atoms with Crippen LogP contribution in [0.25, 0.3) is 6.08 Å². The number of nitrogens with zero attached hydrogens (tertiary/aromatic N) is 1. The highest BCUT2D eigenvalue weighted by Crippen LogP contribution is 2.34. The number of benzene rings is 3. The molecule has 11 heteroatoms. The average molecular weight is 609 g/mol. The molecule has 1 heterocycles. The number of thioether (sulfide) groups is 1. The van der Waals surface area contributed by atoms with E-state index in [0.717, 1.165) is 22.2 Å². The van der Waals surface area contributed by atoms with Crippen molar-refractivity contribution in [2.45, 2.75) is 11.8 Å². The Kier molecular flexibility index (Phi) is 8.09. The number of hydrogen-bond acceptors (Lipinski definition) is 7. The molecule has 4 rings (SSSR count). The number of para-hydroxylation sites is 1. The van der Waals surface area contributed by atoms with Crippen molar-refractivity contribution >= 4 is 66.6 Å². The molecule has 36 heavy (non-hydrogen) atoms. The van der Waals surface area contributed by atoms with Crippen LogP contribution in [0.2, 0.25) is 5.02 Å². The molecule has 0 aromatic heterocycles. The predicted octanol–water partition coefficient (Wildman–Crippen LogP) is 6.29. The summed E-state index contributed by atoms with van der Waals surface area (Å²) in [5.74, 6) is 0.127. The highest BCUT2D eigenvalue weighted by Gasteiger charge is 2.34. The van der Waals surface area contributed by atoms with Gasteiger partial charge in [-0.05, 0) is 82.7 Å². The molecule has 0 aliphatic carbocycles. The molecule has 2 amide bonds. The summed E-state index contributed by atoms with van der Waals surface area (Å²) >= 11 is 10.2. The van der Waals surface area contributed by atoms with Crippen molar-refractivity contribution in [2.75, 3.05) is 13.2 Å². The van der Waals surface area contributed by atoms with E-state index >= 15 is 0 Å². The fourth-order valence-corrected chi connectivity index (χ4v) is 5.79. The number of halogens is 2. The van der Waals surface area contributed by atoms with E-state index in [0.29, 0.717) is 20.8 Å². The molecule has 3 aromatic carbocycles. The Morgan fingerprint density at radius 1 is 1.03 bits per heavy atom. The van der Waals surface area contributed by atoms with E-state index < -0.39 is 21.3 Å². The van der Waals surface area contributed by atoms with Gasteiger partial charge in [-0.2, -0.15) is 8.42 Å². The van der Waals surface area contributed by atoms with Gasteiger partial charge in [-0.1, -0.05) is 47.5 Å². The van der Waals surface area contributed by atoms with Gasteiger partial charge in [0, 0.05) is 0 Å². The van der Waals surface area contributed by atoms with E-state index in [1.165, 1.54) is 18.2 Å². The highest BCUT2D eigenvalue weighted by atomic mass is 79.9. The van der Waals surface area contributed by atoms with Crippen molar-refractivity contribution in [3.63, 3.8) is 0 Å². The molecule has 0 saturated carbocycles. The Bertz CT molecular complexity index is 1460. The van der Waals surface area contributed by atoms with E-state index in [4.69, 9.17) is 20.5 Å². The number of imide groups is 1. The first-order chi connectivity index (χ1) is 17.1. The van der Waals surface area contributed by atoms with Gasteiger partial charge in [-0.15, -0.1) is 0 Å². The Labute approximate surface area is 226 Å². The molecule has 186 valence electrons. The predicted molar refractivity (Wildman–Crippen MR) is 143 cm³/mol. The van der Waals surface area contributed by atoms with Crippen LogP contribution in [0.15, 0.2) is 81.0 Å². The summed E-state index contributed by atoms with van der Waals surface area (Å²) in [6.45, 7) is 2.03. The summed E-state index contributed by atoms with van der Waals surface area (Å²) in [5, 5.41) is 0.0356. The van der Waals surface area contributed by atoms with Crippen molar-refractivity contribution in [3.05, 3.63) is 92.3 Å². The summed E-state index contributed by atoms with van der Waals surface area (Å²) in [7, 11) is -4.02. The van der Waals surface area contributed by atoms with E-state index in [9.17, 15) is 18.0 Å². The van der Waals surface area contributed by atoms with Crippen LogP contribution in [0, 0.1) is 6.92 Å². The molecule has 7 nitrogen and oxygen atoms in total. The Hall–Kier alpha value is -2.79. The molecule has 1 fully saturated rings. The van der Waals surface area contributed by atoms with Gasteiger partial charge in [0.05, 0.1) is 20.9 Å². The quantitative estimate of drug-likeness (QED) is 0.219. The number of hydrogen-bond donors (Lipinski definition) is 0. The lowest BCUT2D eigenvalue weighted by molar-refractivity contribution is -0.123. The topological polar surface area (TPSA) is 90.0 Å². The largest absolute Gasteiger partial charge is 0.490 e. The smallest absolute Gasteiger partial charge is 0.339 e. The molecule has 0 radical (unpaired) electrons. The second kappa shape index (κ2) is 11.1. The lowest BCUT2D eigenvalue weighted by Crippen LogP contribution is -2.32. The maximum absolute atomic E-state index is 12.8. The molecule has 3 aromatic rings. The second-order valence-electron chi connectivity index (χ2n) is 7.65. The minimum absolute atomic E-state index is 0.0382. The van der Waals surface area contributed by atoms with Crippen LogP contribution in [-0.4, -0.2) is 37.6 Å². The summed E-state index contributed by atoms with van der Waals surface area (Å²) < 4.78 is 36.4. The second-order valence-corrected chi connectivity index (χ2v) is 11.5. The number of amides is 2. The van der Waals surface area contributed by atoms with Gasteiger partial charge < -0.3 is 8.92 Å². The maximum Gasteiger partial charge on any atom is 0.339 e. The minimum atomic E-state index is -4.02. The lowest BCUT2D eigenvalue weighted by atomic mass is 10.2. The Morgan fingerprint density at radius 2 is 1.75 bits per heavy atom. The van der Waals surface area contributed by atoms with E-state index in [-0.39, 0.29) is 28.7 Å². The number of rotatable bonds is 8. The fraction of sp³-hybridized carbons (Fsp3) is 0.120. The van der Waals surface area contributed by atoms with Gasteiger partial charge in [0.2, 0.25) is 0 Å². The summed E-state index contributed by atoms with van der Waals surface area (Å²) in [4.78, 5) is 26.5. The van der Waals surface area contributed by atoms with Gasteiger partial charge in [0.1, 0.15) is 17.3 Å². The molecule has 1 saturated heterocycles. The Morgan fingerprint density at radius 3 is 2.44 bits per heavy atom. The number of carbonyl (C=O) groups is 2. The van der Waals surface area contributed by atoms with Crippen LogP contribution < -0.4 is 8.92 Å². The van der Waals surface area contributed by atoms with Crippen LogP contribution in [0.1, 0.15) is 11.1 Å². The zero-order valence-corrected chi connectivity index (χ0v) is 22.8. The van der Waals surface area contributed by atoms with Crippen molar-refractivity contribution in [2.24, 2.45) is 0 Å². The molecule has 0 atom stereocenters. The van der Waals surface area contributed by atoms with Gasteiger partial charge in [-0.3, -0.25) is 14.5 Å².